The van der Waals surface area contributed by atoms with Gasteiger partial charge in [0.25, 0.3) is 0 Å². The monoisotopic (exact) mass is 326 g/mol. The molecule has 0 bridgehead atoms. The van der Waals surface area contributed by atoms with Crippen LogP contribution < -0.4 is 4.74 Å². The van der Waals surface area contributed by atoms with Gasteiger partial charge in [0.05, 0.1) is 11.3 Å². The van der Waals surface area contributed by atoms with Crippen molar-refractivity contribution in [1.82, 2.24) is 9.78 Å². The first kappa shape index (κ1) is 15.7. The summed E-state index contributed by atoms with van der Waals surface area (Å²) in [4.78, 5) is 11.9. The minimum Gasteiger partial charge on any atom is -0.487 e. The number of carbonyl (C=O) groups excluding carboxylic acids is 1. The minimum absolute atomic E-state index is 0.0358. The van der Waals surface area contributed by atoms with E-state index >= 15 is 0 Å². The lowest BCUT2D eigenvalue weighted by atomic mass is 10.2. The van der Waals surface area contributed by atoms with Crippen LogP contribution in [-0.4, -0.2) is 29.0 Å². The maximum Gasteiger partial charge on any atom is 0.338 e. The number of hydrogen-bond donors (Lipinski definition) is 0. The summed E-state index contributed by atoms with van der Waals surface area (Å²) in [5.41, 5.74) is 1.27. The molecule has 0 radical (unpaired) electrons. The lowest BCUT2D eigenvalue weighted by Gasteiger charge is -2.08. The summed E-state index contributed by atoms with van der Waals surface area (Å²) in [6.45, 7) is 0.117. The Kier molecular flexibility index (Phi) is 4.86. The van der Waals surface area contributed by atoms with Crippen LogP contribution in [0.25, 0.3) is 5.69 Å². The quantitative estimate of drug-likeness (QED) is 0.515. The molecule has 0 spiro atoms. The molecule has 0 aliphatic rings. The van der Waals surface area contributed by atoms with Crippen molar-refractivity contribution >= 4 is 5.97 Å². The van der Waals surface area contributed by atoms with E-state index in [0.29, 0.717) is 5.56 Å². The fourth-order valence-corrected chi connectivity index (χ4v) is 2.10. The average Bonchev–Trinajstić information content (AvgIpc) is 3.15. The summed E-state index contributed by atoms with van der Waals surface area (Å²) in [6.07, 6.45) is 3.49. The summed E-state index contributed by atoms with van der Waals surface area (Å²) in [5.74, 6) is -0.769. The Balaban J connectivity index is 1.49. The molecule has 0 N–H and O–H groups in total. The molecule has 0 atom stereocenters. The SMILES string of the molecule is O=C(OCCOc1ccccc1F)c1ccc(-n2cccn2)cc1. The summed E-state index contributed by atoms with van der Waals surface area (Å²) in [5, 5.41) is 4.11. The van der Waals surface area contributed by atoms with E-state index in [2.05, 4.69) is 5.10 Å². The van der Waals surface area contributed by atoms with Gasteiger partial charge in [-0.3, -0.25) is 0 Å². The topological polar surface area (TPSA) is 53.4 Å². The van der Waals surface area contributed by atoms with Crippen LogP contribution in [0.1, 0.15) is 10.4 Å². The molecule has 5 nitrogen and oxygen atoms in total. The van der Waals surface area contributed by atoms with Crippen LogP contribution in [0.4, 0.5) is 4.39 Å². The molecular weight excluding hydrogens is 311 g/mol. The van der Waals surface area contributed by atoms with Gasteiger partial charge in [-0.1, -0.05) is 12.1 Å². The fourth-order valence-electron chi connectivity index (χ4n) is 2.10. The predicted molar refractivity (Wildman–Crippen MR) is 85.7 cm³/mol. The van der Waals surface area contributed by atoms with Gasteiger partial charge in [0.1, 0.15) is 13.2 Å². The lowest BCUT2D eigenvalue weighted by molar-refractivity contribution is 0.0448. The fraction of sp³-hybridized carbons (Fsp3) is 0.111. The number of rotatable bonds is 6. The van der Waals surface area contributed by atoms with Gasteiger partial charge >= 0.3 is 5.97 Å². The van der Waals surface area contributed by atoms with Crippen molar-refractivity contribution in [1.29, 1.82) is 0 Å². The summed E-state index contributed by atoms with van der Waals surface area (Å²) >= 11 is 0. The summed E-state index contributed by atoms with van der Waals surface area (Å²) in [7, 11) is 0. The maximum atomic E-state index is 13.4. The Morgan fingerprint density at radius 1 is 1.04 bits per heavy atom. The number of halogens is 1. The second-order valence-electron chi connectivity index (χ2n) is 4.91. The molecule has 0 saturated carbocycles. The molecule has 6 heteroatoms. The number of para-hydroxylation sites is 1. The molecule has 2 aromatic carbocycles. The second-order valence-corrected chi connectivity index (χ2v) is 4.91. The molecular formula is C18H15FN2O3. The smallest absolute Gasteiger partial charge is 0.338 e. The first-order chi connectivity index (χ1) is 11.7. The molecule has 1 aromatic heterocycles. The minimum atomic E-state index is -0.459. The largest absolute Gasteiger partial charge is 0.487 e. The van der Waals surface area contributed by atoms with Crippen molar-refractivity contribution in [3.05, 3.63) is 78.4 Å². The highest BCUT2D eigenvalue weighted by molar-refractivity contribution is 5.89. The van der Waals surface area contributed by atoms with E-state index in [1.807, 2.05) is 12.3 Å². The first-order valence-corrected chi connectivity index (χ1v) is 7.38. The number of ether oxygens (including phenoxy) is 2. The van der Waals surface area contributed by atoms with E-state index in [1.54, 1.807) is 47.3 Å². The molecule has 1 heterocycles. The number of benzene rings is 2. The van der Waals surface area contributed by atoms with E-state index < -0.39 is 11.8 Å². The molecule has 0 aliphatic carbocycles. The van der Waals surface area contributed by atoms with Gasteiger partial charge in [0.15, 0.2) is 11.6 Å². The highest BCUT2D eigenvalue weighted by Gasteiger charge is 2.08. The number of hydrogen-bond acceptors (Lipinski definition) is 4. The van der Waals surface area contributed by atoms with Gasteiger partial charge < -0.3 is 9.47 Å². The normalized spacial score (nSPS) is 10.4. The van der Waals surface area contributed by atoms with Crippen molar-refractivity contribution in [2.75, 3.05) is 13.2 Å². The zero-order valence-electron chi connectivity index (χ0n) is 12.8. The average molecular weight is 326 g/mol. The number of carbonyl (C=O) groups is 1. The summed E-state index contributed by atoms with van der Waals surface area (Å²) < 4.78 is 25.4. The van der Waals surface area contributed by atoms with Gasteiger partial charge in [-0.25, -0.2) is 13.9 Å². The standard InChI is InChI=1S/C18H15FN2O3/c19-16-4-1-2-5-17(16)23-12-13-24-18(22)14-6-8-15(9-7-14)21-11-3-10-20-21/h1-11H,12-13H2. The number of aromatic nitrogens is 2. The van der Waals surface area contributed by atoms with E-state index in [-0.39, 0.29) is 19.0 Å². The molecule has 0 saturated heterocycles. The summed E-state index contributed by atoms with van der Waals surface area (Å²) in [6, 6.07) is 14.8. The van der Waals surface area contributed by atoms with Gasteiger partial charge in [0, 0.05) is 12.4 Å². The van der Waals surface area contributed by atoms with Gasteiger partial charge in [-0.15, -0.1) is 0 Å². The molecule has 0 aliphatic heterocycles. The molecule has 0 fully saturated rings. The Morgan fingerprint density at radius 3 is 2.54 bits per heavy atom. The van der Waals surface area contributed by atoms with E-state index in [4.69, 9.17) is 9.47 Å². The zero-order chi connectivity index (χ0) is 16.8. The van der Waals surface area contributed by atoms with Crippen LogP contribution in [0.3, 0.4) is 0 Å². The molecule has 3 aromatic rings. The molecule has 0 unspecified atom stereocenters. The zero-order valence-corrected chi connectivity index (χ0v) is 12.8. The van der Waals surface area contributed by atoms with Gasteiger partial charge in [0.2, 0.25) is 0 Å². The highest BCUT2D eigenvalue weighted by Crippen LogP contribution is 2.15. The highest BCUT2D eigenvalue weighted by atomic mass is 19.1. The van der Waals surface area contributed by atoms with Crippen molar-refractivity contribution in [2.45, 2.75) is 0 Å². The van der Waals surface area contributed by atoms with Crippen molar-refractivity contribution < 1.29 is 18.7 Å². The number of esters is 1. The first-order valence-electron chi connectivity index (χ1n) is 7.38. The lowest BCUT2D eigenvalue weighted by Crippen LogP contribution is -2.12. The predicted octanol–water partition coefficient (Wildman–Crippen LogP) is 3.25. The Bertz CT molecular complexity index is 801. The van der Waals surface area contributed by atoms with Crippen LogP contribution in [0.5, 0.6) is 5.75 Å². The van der Waals surface area contributed by atoms with Gasteiger partial charge in [-0.05, 0) is 42.5 Å². The van der Waals surface area contributed by atoms with Crippen molar-refractivity contribution in [3.8, 4) is 11.4 Å². The van der Waals surface area contributed by atoms with Crippen LogP contribution in [0.2, 0.25) is 0 Å². The van der Waals surface area contributed by atoms with Crippen LogP contribution in [0.15, 0.2) is 67.0 Å². The van der Waals surface area contributed by atoms with E-state index in [1.165, 1.54) is 12.1 Å². The van der Waals surface area contributed by atoms with E-state index in [0.717, 1.165) is 5.69 Å². The van der Waals surface area contributed by atoms with Crippen LogP contribution in [0, 0.1) is 5.82 Å². The Labute approximate surface area is 138 Å². The third-order valence-electron chi connectivity index (χ3n) is 3.28. The van der Waals surface area contributed by atoms with Crippen molar-refractivity contribution in [2.24, 2.45) is 0 Å². The van der Waals surface area contributed by atoms with Crippen LogP contribution >= 0.6 is 0 Å². The van der Waals surface area contributed by atoms with Gasteiger partial charge in [-0.2, -0.15) is 5.10 Å². The van der Waals surface area contributed by atoms with E-state index in [9.17, 15) is 9.18 Å². The second kappa shape index (κ2) is 7.41. The number of nitrogens with zero attached hydrogens (tertiary/aromatic N) is 2. The Morgan fingerprint density at radius 2 is 1.83 bits per heavy atom. The molecule has 122 valence electrons. The maximum absolute atomic E-state index is 13.4. The molecule has 0 amide bonds. The third-order valence-corrected chi connectivity index (χ3v) is 3.28. The molecule has 3 rings (SSSR count). The Hall–Kier alpha value is -3.15. The molecule has 24 heavy (non-hydrogen) atoms. The van der Waals surface area contributed by atoms with Crippen LogP contribution in [-0.2, 0) is 4.74 Å². The third kappa shape index (κ3) is 3.78. The van der Waals surface area contributed by atoms with Crippen molar-refractivity contribution in [3.63, 3.8) is 0 Å².